The zero-order valence-corrected chi connectivity index (χ0v) is 24.6. The molecule has 1 N–H and O–H groups in total. The number of hydrogen-bond donors (Lipinski definition) is 1. The fourth-order valence-corrected chi connectivity index (χ4v) is 11.0. The second-order valence-corrected chi connectivity index (χ2v) is 15.6. The molecule has 0 aliphatic heterocycles. The van der Waals surface area contributed by atoms with E-state index in [0.29, 0.717) is 47.5 Å². The van der Waals surface area contributed by atoms with Crippen LogP contribution < -0.4 is 0 Å². The van der Waals surface area contributed by atoms with Crippen LogP contribution in [0.4, 0.5) is 0 Å². The normalized spacial score (nSPS) is 39.6. The van der Waals surface area contributed by atoms with Gasteiger partial charge in [0.25, 0.3) is 10.1 Å². The third kappa shape index (κ3) is 5.09. The van der Waals surface area contributed by atoms with Crippen molar-refractivity contribution in [2.75, 3.05) is 6.61 Å². The van der Waals surface area contributed by atoms with Crippen LogP contribution in [0.1, 0.15) is 97.0 Å². The van der Waals surface area contributed by atoms with Crippen molar-refractivity contribution >= 4 is 16.1 Å². The van der Waals surface area contributed by atoms with Gasteiger partial charge in [-0.25, -0.2) is 0 Å². The van der Waals surface area contributed by atoms with Crippen LogP contribution in [0, 0.1) is 59.2 Å². The molecule has 0 heterocycles. The molecule has 5 nitrogen and oxygen atoms in total. The maximum absolute atomic E-state index is 12.8. The van der Waals surface area contributed by atoms with Gasteiger partial charge >= 0.3 is 5.97 Å². The van der Waals surface area contributed by atoms with Gasteiger partial charge in [-0.15, -0.1) is 0 Å². The molecule has 0 aromatic heterocycles. The Morgan fingerprint density at radius 1 is 1.00 bits per heavy atom. The van der Waals surface area contributed by atoms with Gasteiger partial charge in [0.2, 0.25) is 0 Å². The number of aryl methyl sites for hydroxylation is 1. The molecule has 0 bridgehead atoms. The molecule has 0 saturated heterocycles. The zero-order chi connectivity index (χ0) is 27.3. The molecule has 0 spiro atoms. The predicted octanol–water partition coefficient (Wildman–Crippen LogP) is 7.48. The van der Waals surface area contributed by atoms with Gasteiger partial charge in [-0.2, -0.15) is 8.42 Å². The van der Waals surface area contributed by atoms with Gasteiger partial charge in [0.05, 0.1) is 11.5 Å². The Morgan fingerprint density at radius 3 is 2.39 bits per heavy atom. The molecule has 38 heavy (non-hydrogen) atoms. The number of fused-ring (bicyclic) bond motifs is 5. The van der Waals surface area contributed by atoms with Gasteiger partial charge in [-0.3, -0.25) is 8.98 Å². The van der Waals surface area contributed by atoms with Crippen molar-refractivity contribution in [3.63, 3.8) is 0 Å². The summed E-state index contributed by atoms with van der Waals surface area (Å²) in [5, 5.41) is 9.21. The lowest BCUT2D eigenvalue weighted by Crippen LogP contribution is -2.54. The minimum atomic E-state index is -3.71. The van der Waals surface area contributed by atoms with E-state index in [1.165, 1.54) is 44.9 Å². The van der Waals surface area contributed by atoms with Gasteiger partial charge in [-0.05, 0) is 136 Å². The number of aliphatic carboxylic acids is 1. The summed E-state index contributed by atoms with van der Waals surface area (Å²) in [5.74, 6) is 3.77. The van der Waals surface area contributed by atoms with Gasteiger partial charge in [-0.1, -0.05) is 38.5 Å². The first-order chi connectivity index (χ1) is 17.9. The van der Waals surface area contributed by atoms with Crippen LogP contribution >= 0.6 is 0 Å². The molecule has 9 atom stereocenters. The maximum atomic E-state index is 12.8. The van der Waals surface area contributed by atoms with Crippen LogP contribution in [-0.2, 0) is 19.1 Å². The molecule has 2 unspecified atom stereocenters. The molecule has 6 heteroatoms. The first kappa shape index (κ1) is 28.1. The molecule has 0 amide bonds. The van der Waals surface area contributed by atoms with Gasteiger partial charge in [0.15, 0.2) is 0 Å². The smallest absolute Gasteiger partial charge is 0.303 e. The molecule has 1 aromatic carbocycles. The SMILES string of the molecule is Cc1ccc(S(=O)(=O)OCC2CC[C@@]3(C)C(CC[C@H]4[C@@H]5CC[C@H]([C@H](C)CCC(=O)O)[C@@]5(C)CC[C@@H]43)C2)cc1. The van der Waals surface area contributed by atoms with Crippen molar-refractivity contribution in [1.29, 1.82) is 0 Å². The number of hydrogen-bond acceptors (Lipinski definition) is 4. The van der Waals surface area contributed by atoms with E-state index in [-0.39, 0.29) is 4.90 Å². The second-order valence-electron chi connectivity index (χ2n) is 14.0. The first-order valence-electron chi connectivity index (χ1n) is 15.1. The van der Waals surface area contributed by atoms with E-state index in [9.17, 15) is 18.3 Å². The van der Waals surface area contributed by atoms with Crippen LogP contribution in [0.15, 0.2) is 29.2 Å². The van der Waals surface area contributed by atoms with E-state index >= 15 is 0 Å². The summed E-state index contributed by atoms with van der Waals surface area (Å²) in [6.07, 6.45) is 12.1. The Hall–Kier alpha value is -1.40. The molecule has 1 aromatic rings. The van der Waals surface area contributed by atoms with Crippen LogP contribution in [0.2, 0.25) is 0 Å². The Kier molecular flexibility index (Phi) is 7.80. The highest BCUT2D eigenvalue weighted by molar-refractivity contribution is 7.86. The fourth-order valence-electron chi connectivity index (χ4n) is 9.98. The summed E-state index contributed by atoms with van der Waals surface area (Å²) in [4.78, 5) is 11.4. The summed E-state index contributed by atoms with van der Waals surface area (Å²) >= 11 is 0. The monoisotopic (exact) mass is 544 g/mol. The number of rotatable bonds is 8. The number of carbonyl (C=O) groups is 1. The Balaban J connectivity index is 1.21. The minimum absolute atomic E-state index is 0.252. The summed E-state index contributed by atoms with van der Waals surface area (Å²) in [7, 11) is -3.71. The van der Waals surface area contributed by atoms with E-state index in [1.54, 1.807) is 12.1 Å². The molecule has 4 fully saturated rings. The van der Waals surface area contributed by atoms with Gasteiger partial charge in [0, 0.05) is 6.42 Å². The standard InChI is InChI=1S/C32H48O5S/c1-21-5-9-25(10-6-21)38(35,36)37-20-23-15-17-31(3)24(19-23)8-11-26-28-13-12-27(22(2)7-14-30(33)34)32(28,4)18-16-29(26)31/h5-6,9-10,22-24,26-29H,7-8,11-20H2,1-4H3,(H,33,34)/t22-,23?,24?,26+,27-,28+,29+,31+,32-/m1/s1. The summed E-state index contributed by atoms with van der Waals surface area (Å²) in [6.45, 7) is 9.65. The van der Waals surface area contributed by atoms with E-state index in [1.807, 2.05) is 19.1 Å². The van der Waals surface area contributed by atoms with E-state index in [4.69, 9.17) is 4.18 Å². The van der Waals surface area contributed by atoms with Crippen LogP contribution in [-0.4, -0.2) is 26.1 Å². The molecular weight excluding hydrogens is 496 g/mol. The summed E-state index contributed by atoms with van der Waals surface area (Å²) in [5.41, 5.74) is 1.75. The fraction of sp³-hybridized carbons (Fsp3) is 0.781. The van der Waals surface area contributed by atoms with Crippen LogP contribution in [0.5, 0.6) is 0 Å². The van der Waals surface area contributed by atoms with E-state index in [2.05, 4.69) is 20.8 Å². The Morgan fingerprint density at radius 2 is 1.68 bits per heavy atom. The van der Waals surface area contributed by atoms with Crippen molar-refractivity contribution < 1.29 is 22.5 Å². The topological polar surface area (TPSA) is 80.7 Å². The highest BCUT2D eigenvalue weighted by Crippen LogP contribution is 2.68. The quantitative estimate of drug-likeness (QED) is 0.343. The summed E-state index contributed by atoms with van der Waals surface area (Å²) in [6, 6.07) is 6.92. The van der Waals surface area contributed by atoms with Crippen molar-refractivity contribution in [2.24, 2.45) is 52.3 Å². The third-order valence-electron chi connectivity index (χ3n) is 12.1. The Labute approximate surface area is 230 Å². The molecule has 4 aliphatic carbocycles. The van der Waals surface area contributed by atoms with Crippen molar-refractivity contribution in [2.45, 2.75) is 103 Å². The lowest BCUT2D eigenvalue weighted by Gasteiger charge is -2.61. The highest BCUT2D eigenvalue weighted by atomic mass is 32.2. The van der Waals surface area contributed by atoms with Gasteiger partial charge in [0.1, 0.15) is 0 Å². The summed E-state index contributed by atoms with van der Waals surface area (Å²) < 4.78 is 31.1. The van der Waals surface area contributed by atoms with E-state index < -0.39 is 16.1 Å². The Bertz CT molecular complexity index is 1110. The average Bonchev–Trinajstić information content (AvgIpc) is 3.23. The predicted molar refractivity (Wildman–Crippen MR) is 149 cm³/mol. The second kappa shape index (κ2) is 10.5. The largest absolute Gasteiger partial charge is 0.481 e. The third-order valence-corrected chi connectivity index (χ3v) is 13.4. The lowest BCUT2D eigenvalue weighted by atomic mass is 9.44. The van der Waals surface area contributed by atoms with E-state index in [0.717, 1.165) is 42.6 Å². The molecule has 5 rings (SSSR count). The molecular formula is C32H48O5S. The van der Waals surface area contributed by atoms with Crippen molar-refractivity contribution in [3.05, 3.63) is 29.8 Å². The number of benzene rings is 1. The minimum Gasteiger partial charge on any atom is -0.481 e. The zero-order valence-electron chi connectivity index (χ0n) is 23.8. The molecule has 4 aliphatic rings. The maximum Gasteiger partial charge on any atom is 0.303 e. The molecule has 4 saturated carbocycles. The molecule has 212 valence electrons. The highest BCUT2D eigenvalue weighted by Gasteiger charge is 2.60. The number of carboxylic acids is 1. The van der Waals surface area contributed by atoms with Crippen LogP contribution in [0.25, 0.3) is 0 Å². The van der Waals surface area contributed by atoms with Crippen LogP contribution in [0.3, 0.4) is 0 Å². The molecule has 0 radical (unpaired) electrons. The van der Waals surface area contributed by atoms with Gasteiger partial charge < -0.3 is 5.11 Å². The van der Waals surface area contributed by atoms with Crippen molar-refractivity contribution in [1.82, 2.24) is 0 Å². The lowest BCUT2D eigenvalue weighted by molar-refractivity contribution is -0.138. The average molecular weight is 545 g/mol. The van der Waals surface area contributed by atoms with Crippen molar-refractivity contribution in [3.8, 4) is 0 Å². The first-order valence-corrected chi connectivity index (χ1v) is 16.5. The number of carboxylic acid groups (broad SMARTS) is 1.